The summed E-state index contributed by atoms with van der Waals surface area (Å²) >= 11 is 0. The first-order chi connectivity index (χ1) is 8.93. The van der Waals surface area contributed by atoms with Crippen LogP contribution in [0.25, 0.3) is 0 Å². The first kappa shape index (κ1) is 14.1. The average Bonchev–Trinajstić information content (AvgIpc) is 2.33. The number of anilines is 1. The zero-order valence-corrected chi connectivity index (χ0v) is 12.2. The van der Waals surface area contributed by atoms with Crippen LogP contribution >= 0.6 is 0 Å². The van der Waals surface area contributed by atoms with Crippen molar-refractivity contribution in [1.29, 1.82) is 0 Å². The number of nitrogens with two attached hydrogens (primary N) is 1. The number of aryl methyl sites for hydroxylation is 1. The summed E-state index contributed by atoms with van der Waals surface area (Å²) in [6.07, 6.45) is 3.56. The van der Waals surface area contributed by atoms with E-state index in [-0.39, 0.29) is 11.3 Å². The van der Waals surface area contributed by atoms with E-state index in [0.29, 0.717) is 6.42 Å². The van der Waals surface area contributed by atoms with E-state index in [1.165, 1.54) is 11.1 Å². The molecule has 0 bridgehead atoms. The van der Waals surface area contributed by atoms with Crippen molar-refractivity contribution in [3.8, 4) is 0 Å². The topological polar surface area (TPSA) is 46.3 Å². The number of rotatable bonds is 4. The van der Waals surface area contributed by atoms with Crippen molar-refractivity contribution in [1.82, 2.24) is 0 Å². The molecule has 0 spiro atoms. The van der Waals surface area contributed by atoms with Gasteiger partial charge in [-0.1, -0.05) is 26.0 Å². The van der Waals surface area contributed by atoms with Crippen LogP contribution in [0.5, 0.6) is 0 Å². The lowest BCUT2D eigenvalue weighted by Crippen LogP contribution is -2.31. The molecule has 1 aliphatic heterocycles. The quantitative estimate of drug-likeness (QED) is 0.904. The van der Waals surface area contributed by atoms with Crippen LogP contribution in [0.2, 0.25) is 0 Å². The molecule has 2 rings (SSSR count). The van der Waals surface area contributed by atoms with E-state index in [4.69, 9.17) is 5.73 Å². The largest absolute Gasteiger partial charge is 0.330 e. The Morgan fingerprint density at radius 3 is 2.74 bits per heavy atom. The van der Waals surface area contributed by atoms with Crippen LogP contribution in [0.4, 0.5) is 5.69 Å². The van der Waals surface area contributed by atoms with E-state index in [1.54, 1.807) is 4.90 Å². The number of amides is 1. The Kier molecular flexibility index (Phi) is 3.95. The molecule has 0 saturated carbocycles. The Bertz CT molecular complexity index is 480. The maximum Gasteiger partial charge on any atom is 0.227 e. The standard InChI is InChI=1S/C16H24N2O/c1-16(2,8-9-17)11-12-4-6-14-13(10-12)5-7-15(19)18(14)3/h4,6,10H,5,7-9,11,17H2,1-3H3. The molecule has 3 heteroatoms. The molecular weight excluding hydrogens is 236 g/mol. The maximum atomic E-state index is 11.7. The molecule has 1 amide bonds. The van der Waals surface area contributed by atoms with Gasteiger partial charge in [-0.05, 0) is 48.4 Å². The van der Waals surface area contributed by atoms with Crippen LogP contribution in [0, 0.1) is 5.41 Å². The minimum atomic E-state index is 0.212. The zero-order chi connectivity index (χ0) is 14.0. The third-order valence-corrected chi connectivity index (χ3v) is 3.99. The number of benzene rings is 1. The number of hydrogen-bond donors (Lipinski definition) is 1. The highest BCUT2D eigenvalue weighted by Crippen LogP contribution is 2.31. The van der Waals surface area contributed by atoms with Crippen molar-refractivity contribution in [3.05, 3.63) is 29.3 Å². The van der Waals surface area contributed by atoms with Gasteiger partial charge in [0.25, 0.3) is 0 Å². The van der Waals surface area contributed by atoms with Crippen LogP contribution in [-0.4, -0.2) is 19.5 Å². The van der Waals surface area contributed by atoms with Crippen LogP contribution in [0.3, 0.4) is 0 Å². The van der Waals surface area contributed by atoms with Crippen molar-refractivity contribution in [2.24, 2.45) is 11.1 Å². The second kappa shape index (κ2) is 5.33. The lowest BCUT2D eigenvalue weighted by molar-refractivity contribution is -0.118. The van der Waals surface area contributed by atoms with Gasteiger partial charge in [0.15, 0.2) is 0 Å². The van der Waals surface area contributed by atoms with Gasteiger partial charge in [0.1, 0.15) is 0 Å². The van der Waals surface area contributed by atoms with Crippen molar-refractivity contribution in [2.45, 2.75) is 39.5 Å². The molecule has 0 aromatic heterocycles. The summed E-state index contributed by atoms with van der Waals surface area (Å²) in [6, 6.07) is 6.49. The van der Waals surface area contributed by atoms with Gasteiger partial charge in [0.05, 0.1) is 0 Å². The first-order valence-corrected chi connectivity index (χ1v) is 7.01. The van der Waals surface area contributed by atoms with E-state index < -0.39 is 0 Å². The van der Waals surface area contributed by atoms with E-state index in [2.05, 4.69) is 32.0 Å². The van der Waals surface area contributed by atoms with Crippen molar-refractivity contribution in [3.63, 3.8) is 0 Å². The van der Waals surface area contributed by atoms with Crippen molar-refractivity contribution in [2.75, 3.05) is 18.5 Å². The molecule has 0 saturated heterocycles. The first-order valence-electron chi connectivity index (χ1n) is 7.01. The Hall–Kier alpha value is -1.35. The zero-order valence-electron chi connectivity index (χ0n) is 12.2. The molecule has 19 heavy (non-hydrogen) atoms. The van der Waals surface area contributed by atoms with Gasteiger partial charge < -0.3 is 10.6 Å². The number of carbonyl (C=O) groups is 1. The van der Waals surface area contributed by atoms with Gasteiger partial charge in [0.2, 0.25) is 5.91 Å². The predicted octanol–water partition coefficient (Wildman–Crippen LogP) is 2.51. The van der Waals surface area contributed by atoms with E-state index in [0.717, 1.165) is 31.5 Å². The number of carbonyl (C=O) groups excluding carboxylic acids is 1. The molecule has 104 valence electrons. The fraction of sp³-hybridized carbons (Fsp3) is 0.562. The van der Waals surface area contributed by atoms with Gasteiger partial charge in [-0.25, -0.2) is 0 Å². The fourth-order valence-corrected chi connectivity index (χ4v) is 2.85. The summed E-state index contributed by atoms with van der Waals surface area (Å²) < 4.78 is 0. The highest BCUT2D eigenvalue weighted by atomic mass is 16.2. The fourth-order valence-electron chi connectivity index (χ4n) is 2.85. The van der Waals surface area contributed by atoms with E-state index >= 15 is 0 Å². The van der Waals surface area contributed by atoms with Gasteiger partial charge in [-0.3, -0.25) is 4.79 Å². The van der Waals surface area contributed by atoms with Gasteiger partial charge in [0, 0.05) is 19.2 Å². The molecule has 1 aromatic rings. The summed E-state index contributed by atoms with van der Waals surface area (Å²) in [7, 11) is 1.86. The van der Waals surface area contributed by atoms with Gasteiger partial charge in [-0.2, -0.15) is 0 Å². The molecule has 0 radical (unpaired) electrons. The van der Waals surface area contributed by atoms with Crippen molar-refractivity contribution < 1.29 is 4.79 Å². The van der Waals surface area contributed by atoms with Crippen LogP contribution in [0.1, 0.15) is 37.8 Å². The summed E-state index contributed by atoms with van der Waals surface area (Å²) in [5.41, 5.74) is 9.61. The van der Waals surface area contributed by atoms with Crippen molar-refractivity contribution >= 4 is 11.6 Å². The third kappa shape index (κ3) is 3.16. The Morgan fingerprint density at radius 2 is 2.05 bits per heavy atom. The van der Waals surface area contributed by atoms with Crippen LogP contribution < -0.4 is 10.6 Å². The van der Waals surface area contributed by atoms with Crippen LogP contribution in [0.15, 0.2) is 18.2 Å². The smallest absolute Gasteiger partial charge is 0.227 e. The van der Waals surface area contributed by atoms with Gasteiger partial charge >= 0.3 is 0 Å². The Labute approximate surface area is 115 Å². The molecule has 0 fully saturated rings. The van der Waals surface area contributed by atoms with Gasteiger partial charge in [-0.15, -0.1) is 0 Å². The summed E-state index contributed by atoms with van der Waals surface area (Å²) in [4.78, 5) is 13.4. The van der Waals surface area contributed by atoms with E-state index in [1.807, 2.05) is 7.05 Å². The second-order valence-electron chi connectivity index (χ2n) is 6.30. The second-order valence-corrected chi connectivity index (χ2v) is 6.30. The third-order valence-electron chi connectivity index (χ3n) is 3.99. The number of nitrogens with zero attached hydrogens (tertiary/aromatic N) is 1. The highest BCUT2D eigenvalue weighted by Gasteiger charge is 2.22. The minimum Gasteiger partial charge on any atom is -0.330 e. The minimum absolute atomic E-state index is 0.212. The highest BCUT2D eigenvalue weighted by molar-refractivity contribution is 5.95. The number of fused-ring (bicyclic) bond motifs is 1. The molecule has 1 aliphatic rings. The maximum absolute atomic E-state index is 11.7. The molecule has 0 atom stereocenters. The Morgan fingerprint density at radius 1 is 1.32 bits per heavy atom. The summed E-state index contributed by atoms with van der Waals surface area (Å²) in [5, 5.41) is 0. The lowest BCUT2D eigenvalue weighted by Gasteiger charge is -2.28. The van der Waals surface area contributed by atoms with E-state index in [9.17, 15) is 4.79 Å². The molecule has 3 nitrogen and oxygen atoms in total. The number of hydrogen-bond acceptors (Lipinski definition) is 2. The molecular formula is C16H24N2O. The SMILES string of the molecule is CN1C(=O)CCc2cc(CC(C)(C)CCN)ccc21. The lowest BCUT2D eigenvalue weighted by atomic mass is 9.82. The molecule has 2 N–H and O–H groups in total. The average molecular weight is 260 g/mol. The Balaban J connectivity index is 2.20. The normalized spacial score (nSPS) is 15.6. The summed E-state index contributed by atoms with van der Waals surface area (Å²) in [5.74, 6) is 0.212. The molecule has 1 aromatic carbocycles. The predicted molar refractivity (Wildman–Crippen MR) is 79.3 cm³/mol. The molecule has 1 heterocycles. The monoisotopic (exact) mass is 260 g/mol. The molecule has 0 aliphatic carbocycles. The van der Waals surface area contributed by atoms with Crippen LogP contribution in [-0.2, 0) is 17.6 Å². The molecule has 0 unspecified atom stereocenters. The summed E-state index contributed by atoms with van der Waals surface area (Å²) in [6.45, 7) is 5.25.